The van der Waals surface area contributed by atoms with Crippen LogP contribution < -0.4 is 5.73 Å². The molecule has 0 aliphatic heterocycles. The summed E-state index contributed by atoms with van der Waals surface area (Å²) in [6.45, 7) is 2.71. The summed E-state index contributed by atoms with van der Waals surface area (Å²) in [4.78, 5) is 45.7. The van der Waals surface area contributed by atoms with Gasteiger partial charge in [0, 0.05) is 12.8 Å². The summed E-state index contributed by atoms with van der Waals surface area (Å²) >= 11 is 0. The molecule has 0 radical (unpaired) electrons. The highest BCUT2D eigenvalue weighted by atomic mass is 31.2. The highest BCUT2D eigenvalue weighted by Crippen LogP contribution is 2.43. The van der Waals surface area contributed by atoms with E-state index in [4.69, 9.17) is 24.8 Å². The van der Waals surface area contributed by atoms with Crippen LogP contribution in [0.1, 0.15) is 174 Å². The molecule has 12 heteroatoms. The molecule has 3 atom stereocenters. The largest absolute Gasteiger partial charge is 0.480 e. The van der Waals surface area contributed by atoms with Gasteiger partial charge in [-0.15, -0.1) is 0 Å². The number of hydrogen-bond acceptors (Lipinski definition) is 9. The Hall–Kier alpha value is -2.04. The number of ether oxygens (including phenoxy) is 2. The van der Waals surface area contributed by atoms with Crippen LogP contribution in [0.2, 0.25) is 0 Å². The summed E-state index contributed by atoms with van der Waals surface area (Å²) in [5, 5.41) is 8.86. The van der Waals surface area contributed by atoms with Crippen molar-refractivity contribution in [3.8, 4) is 0 Å². The van der Waals surface area contributed by atoms with E-state index in [1.54, 1.807) is 0 Å². The van der Waals surface area contributed by atoms with E-state index in [0.29, 0.717) is 12.8 Å². The van der Waals surface area contributed by atoms with Gasteiger partial charge in [0.2, 0.25) is 0 Å². The van der Waals surface area contributed by atoms with E-state index in [-0.39, 0.29) is 19.4 Å². The fourth-order valence-corrected chi connectivity index (χ4v) is 6.02. The second kappa shape index (κ2) is 35.0. The predicted octanol–water partition coefficient (Wildman–Crippen LogP) is 9.89. The molecule has 0 aliphatic rings. The van der Waals surface area contributed by atoms with Crippen molar-refractivity contribution in [2.24, 2.45) is 5.73 Å². The zero-order valence-corrected chi connectivity index (χ0v) is 32.8. The SMILES string of the molecule is CCC/C=C\CCCCCCCC(=O)OCC(COP(=O)(O)OCC(N)C(=O)O)OC(=O)CCCCCCCCC/C=C\CCCCCCCC. The van der Waals surface area contributed by atoms with E-state index < -0.39 is 51.1 Å². The summed E-state index contributed by atoms with van der Waals surface area (Å²) in [6.07, 6.45) is 34.0. The number of carbonyl (C=O) groups excluding carboxylic acids is 2. The van der Waals surface area contributed by atoms with Crippen molar-refractivity contribution in [1.29, 1.82) is 0 Å². The number of carboxylic acids is 1. The van der Waals surface area contributed by atoms with E-state index in [2.05, 4.69) is 42.7 Å². The molecule has 3 unspecified atom stereocenters. The summed E-state index contributed by atoms with van der Waals surface area (Å²) < 4.78 is 32.5. The minimum atomic E-state index is -4.71. The van der Waals surface area contributed by atoms with Crippen molar-refractivity contribution in [1.82, 2.24) is 0 Å². The maximum absolute atomic E-state index is 12.6. The van der Waals surface area contributed by atoms with Crippen LogP contribution in [-0.2, 0) is 37.5 Å². The maximum Gasteiger partial charge on any atom is 0.472 e. The Morgan fingerprint density at radius 2 is 1.02 bits per heavy atom. The van der Waals surface area contributed by atoms with Crippen molar-refractivity contribution < 1.29 is 47.5 Å². The first-order valence-electron chi connectivity index (χ1n) is 19.9. The average molecular weight is 746 g/mol. The Bertz CT molecular complexity index is 974. The van der Waals surface area contributed by atoms with Crippen LogP contribution >= 0.6 is 7.82 Å². The second-order valence-electron chi connectivity index (χ2n) is 13.4. The number of esters is 2. The minimum Gasteiger partial charge on any atom is -0.480 e. The second-order valence-corrected chi connectivity index (χ2v) is 14.9. The standard InChI is InChI=1S/C39H72NO10P/c1-3-5-7-9-11-13-15-16-17-18-19-20-21-23-25-27-29-31-38(42)50-35(33-48-51(45,46)49-34-36(40)39(43)44)32-47-37(41)30-28-26-24-22-14-12-10-8-6-4-2/h8,10,16-17,35-36H,3-7,9,11-15,18-34,40H2,1-2H3,(H,43,44)(H,45,46)/b10-8-,17-16-. The lowest BCUT2D eigenvalue weighted by atomic mass is 10.1. The molecule has 0 aliphatic carbocycles. The number of rotatable bonds is 37. The topological polar surface area (TPSA) is 172 Å². The van der Waals surface area contributed by atoms with Crippen LogP contribution in [0.15, 0.2) is 24.3 Å². The molecular formula is C39H72NO10P. The van der Waals surface area contributed by atoms with Crippen LogP contribution in [0.25, 0.3) is 0 Å². The molecule has 298 valence electrons. The third-order valence-electron chi connectivity index (χ3n) is 8.40. The first-order valence-corrected chi connectivity index (χ1v) is 21.4. The first-order chi connectivity index (χ1) is 24.6. The minimum absolute atomic E-state index is 0.156. The molecule has 0 rings (SSSR count). The number of hydrogen-bond donors (Lipinski definition) is 3. The number of unbranched alkanes of at least 4 members (excludes halogenated alkanes) is 19. The van der Waals surface area contributed by atoms with E-state index >= 15 is 0 Å². The molecule has 0 heterocycles. The predicted molar refractivity (Wildman–Crippen MR) is 203 cm³/mol. The zero-order chi connectivity index (χ0) is 37.8. The fourth-order valence-electron chi connectivity index (χ4n) is 5.24. The number of carbonyl (C=O) groups is 3. The van der Waals surface area contributed by atoms with Crippen molar-refractivity contribution in [3.63, 3.8) is 0 Å². The van der Waals surface area contributed by atoms with Gasteiger partial charge in [0.25, 0.3) is 0 Å². The molecule has 4 N–H and O–H groups in total. The van der Waals surface area contributed by atoms with Gasteiger partial charge >= 0.3 is 25.7 Å². The molecule has 0 aromatic heterocycles. The van der Waals surface area contributed by atoms with E-state index in [1.165, 1.54) is 57.8 Å². The molecule has 0 aromatic rings. The van der Waals surface area contributed by atoms with Gasteiger partial charge in [-0.1, -0.05) is 128 Å². The lowest BCUT2D eigenvalue weighted by molar-refractivity contribution is -0.161. The van der Waals surface area contributed by atoms with Gasteiger partial charge in [0.05, 0.1) is 13.2 Å². The average Bonchev–Trinajstić information content (AvgIpc) is 3.10. The summed E-state index contributed by atoms with van der Waals surface area (Å²) in [7, 11) is -4.71. The Kier molecular flexibility index (Phi) is 33.6. The molecule has 0 bridgehead atoms. The smallest absolute Gasteiger partial charge is 0.472 e. The number of nitrogens with two attached hydrogens (primary N) is 1. The van der Waals surface area contributed by atoms with E-state index in [9.17, 15) is 23.8 Å². The number of aliphatic carboxylic acids is 1. The zero-order valence-electron chi connectivity index (χ0n) is 31.9. The Labute approximate surface area is 309 Å². The van der Waals surface area contributed by atoms with Gasteiger partial charge < -0.3 is 25.2 Å². The molecule has 11 nitrogen and oxygen atoms in total. The lowest BCUT2D eigenvalue weighted by Gasteiger charge is -2.20. The third kappa shape index (κ3) is 34.8. The quantitative estimate of drug-likeness (QED) is 0.0239. The van der Waals surface area contributed by atoms with Gasteiger partial charge in [-0.05, 0) is 57.8 Å². The van der Waals surface area contributed by atoms with Crippen molar-refractivity contribution in [2.45, 2.75) is 187 Å². The number of phosphoric acid groups is 1. The van der Waals surface area contributed by atoms with Crippen LogP contribution in [0.5, 0.6) is 0 Å². The van der Waals surface area contributed by atoms with Gasteiger partial charge in [0.15, 0.2) is 6.10 Å². The normalized spacial score (nSPS) is 14.1. The van der Waals surface area contributed by atoms with Crippen LogP contribution in [0.3, 0.4) is 0 Å². The molecule has 0 spiro atoms. The number of allylic oxidation sites excluding steroid dienone is 4. The number of carboxylic acid groups (broad SMARTS) is 1. The molecule has 0 amide bonds. The van der Waals surface area contributed by atoms with Gasteiger partial charge in [-0.3, -0.25) is 23.4 Å². The summed E-state index contributed by atoms with van der Waals surface area (Å²) in [5.41, 5.74) is 5.31. The molecule has 51 heavy (non-hydrogen) atoms. The first kappa shape index (κ1) is 49.0. The monoisotopic (exact) mass is 745 g/mol. The Balaban J connectivity index is 4.39. The number of phosphoric ester groups is 1. The summed E-state index contributed by atoms with van der Waals surface area (Å²) in [5.74, 6) is -2.40. The van der Waals surface area contributed by atoms with Crippen molar-refractivity contribution in [3.05, 3.63) is 24.3 Å². The lowest BCUT2D eigenvalue weighted by Crippen LogP contribution is -2.34. The van der Waals surface area contributed by atoms with E-state index in [1.807, 2.05) is 0 Å². The molecule has 0 saturated heterocycles. The maximum atomic E-state index is 12.6. The highest BCUT2D eigenvalue weighted by Gasteiger charge is 2.28. The van der Waals surface area contributed by atoms with Crippen LogP contribution in [0, 0.1) is 0 Å². The highest BCUT2D eigenvalue weighted by molar-refractivity contribution is 7.47. The van der Waals surface area contributed by atoms with Crippen molar-refractivity contribution in [2.75, 3.05) is 19.8 Å². The fraction of sp³-hybridized carbons (Fsp3) is 0.821. The van der Waals surface area contributed by atoms with Crippen LogP contribution in [-0.4, -0.2) is 59.9 Å². The molecular weight excluding hydrogens is 673 g/mol. The Morgan fingerprint density at radius 3 is 1.51 bits per heavy atom. The third-order valence-corrected chi connectivity index (χ3v) is 9.35. The van der Waals surface area contributed by atoms with Gasteiger partial charge in [-0.25, -0.2) is 4.57 Å². The van der Waals surface area contributed by atoms with E-state index in [0.717, 1.165) is 77.0 Å². The Morgan fingerprint density at radius 1 is 0.588 bits per heavy atom. The molecule has 0 saturated carbocycles. The summed E-state index contributed by atoms with van der Waals surface area (Å²) in [6, 6.07) is -1.52. The van der Waals surface area contributed by atoms with Crippen molar-refractivity contribution >= 4 is 25.7 Å². The molecule has 0 aromatic carbocycles. The van der Waals surface area contributed by atoms with Gasteiger partial charge in [0.1, 0.15) is 12.6 Å². The van der Waals surface area contributed by atoms with Gasteiger partial charge in [-0.2, -0.15) is 0 Å². The molecule has 0 fully saturated rings. The van der Waals surface area contributed by atoms with Crippen LogP contribution in [0.4, 0.5) is 0 Å².